The topological polar surface area (TPSA) is 26.3 Å². The smallest absolute Gasteiger partial charge is 1.00 e. The molecule has 0 aliphatic heterocycles. The van der Waals surface area contributed by atoms with Crippen molar-refractivity contribution in [3.05, 3.63) is 12.2 Å². The fourth-order valence-corrected chi connectivity index (χ4v) is 0.174. The van der Waals surface area contributed by atoms with E-state index >= 15 is 0 Å². The minimum absolute atomic E-state index is 0. The molecule has 0 bridgehead atoms. The molecule has 3 heteroatoms. The molecular formula is C5H10CaO2. The van der Waals surface area contributed by atoms with Gasteiger partial charge in [-0.1, -0.05) is 6.58 Å². The Morgan fingerprint density at radius 3 is 2.12 bits per heavy atom. The average Bonchev–Trinajstić information content (AvgIpc) is 1.65. The molecule has 0 aromatic heterocycles. The van der Waals surface area contributed by atoms with E-state index < -0.39 is 0 Å². The Morgan fingerprint density at radius 1 is 1.75 bits per heavy atom. The number of carbonyl (C=O) groups excluding carboxylic acids is 1. The van der Waals surface area contributed by atoms with Crippen molar-refractivity contribution in [3.8, 4) is 0 Å². The van der Waals surface area contributed by atoms with E-state index in [2.05, 4.69) is 11.3 Å². The zero-order chi connectivity index (χ0) is 5.86. The van der Waals surface area contributed by atoms with Gasteiger partial charge in [0.05, 0.1) is 7.11 Å². The summed E-state index contributed by atoms with van der Waals surface area (Å²) in [4.78, 5) is 10.2. The molecule has 0 saturated carbocycles. The summed E-state index contributed by atoms with van der Waals surface area (Å²) in [5.74, 6) is -0.347. The van der Waals surface area contributed by atoms with Gasteiger partial charge in [-0.15, -0.1) is 0 Å². The van der Waals surface area contributed by atoms with E-state index in [-0.39, 0.29) is 46.6 Å². The molecule has 0 rings (SSSR count). The number of methoxy groups -OCH3 is 1. The number of ether oxygens (including phenoxy) is 1. The Bertz CT molecular complexity index is 106. The minimum atomic E-state index is -0.347. The standard InChI is InChI=1S/C5H8O2.Ca.2H/c1-4(2)5(6)7-3;;;/h1H2,2-3H3;;;/q;+2;2*-1. The van der Waals surface area contributed by atoms with Crippen molar-refractivity contribution in [2.24, 2.45) is 0 Å². The maximum atomic E-state index is 10.2. The molecule has 0 fully saturated rings. The van der Waals surface area contributed by atoms with Gasteiger partial charge in [-0.3, -0.25) is 0 Å². The Labute approximate surface area is 81.9 Å². The molecule has 0 heterocycles. The number of carbonyl (C=O) groups is 1. The van der Waals surface area contributed by atoms with E-state index in [0.29, 0.717) is 5.57 Å². The molecular weight excluding hydrogens is 132 g/mol. The second-order valence-corrected chi connectivity index (χ2v) is 1.27. The molecule has 0 saturated heterocycles. The van der Waals surface area contributed by atoms with E-state index in [0.717, 1.165) is 0 Å². The van der Waals surface area contributed by atoms with Crippen molar-refractivity contribution in [2.45, 2.75) is 6.92 Å². The summed E-state index contributed by atoms with van der Waals surface area (Å²) in [7, 11) is 1.33. The van der Waals surface area contributed by atoms with Gasteiger partial charge in [-0.25, -0.2) is 4.79 Å². The van der Waals surface area contributed by atoms with Crippen LogP contribution >= 0.6 is 0 Å². The molecule has 0 aromatic rings. The van der Waals surface area contributed by atoms with Crippen molar-refractivity contribution in [1.82, 2.24) is 0 Å². The molecule has 0 aliphatic carbocycles. The van der Waals surface area contributed by atoms with E-state index in [1.165, 1.54) is 7.11 Å². The molecule has 0 aromatic carbocycles. The van der Waals surface area contributed by atoms with Crippen molar-refractivity contribution in [2.75, 3.05) is 7.11 Å². The van der Waals surface area contributed by atoms with Crippen LogP contribution in [0.25, 0.3) is 0 Å². The molecule has 0 aliphatic rings. The van der Waals surface area contributed by atoms with Crippen LogP contribution in [0.1, 0.15) is 9.78 Å². The molecule has 0 amide bonds. The predicted molar refractivity (Wildman–Crippen MR) is 34.8 cm³/mol. The van der Waals surface area contributed by atoms with Crippen LogP contribution < -0.4 is 0 Å². The zero-order valence-electron chi connectivity index (χ0n) is 7.23. The zero-order valence-corrected chi connectivity index (χ0v) is 7.44. The van der Waals surface area contributed by atoms with Gasteiger partial charge < -0.3 is 7.59 Å². The van der Waals surface area contributed by atoms with Crippen LogP contribution in [0, 0.1) is 0 Å². The monoisotopic (exact) mass is 142 g/mol. The minimum Gasteiger partial charge on any atom is -1.00 e. The molecule has 2 nitrogen and oxygen atoms in total. The predicted octanol–water partition coefficient (Wildman–Crippen LogP) is 0.580. The van der Waals surface area contributed by atoms with Gasteiger partial charge in [0.15, 0.2) is 0 Å². The van der Waals surface area contributed by atoms with Gasteiger partial charge in [0.2, 0.25) is 0 Å². The number of hydrogen-bond donors (Lipinski definition) is 0. The summed E-state index contributed by atoms with van der Waals surface area (Å²) < 4.78 is 4.27. The van der Waals surface area contributed by atoms with Crippen LogP contribution in [0.3, 0.4) is 0 Å². The maximum Gasteiger partial charge on any atom is 2.00 e. The van der Waals surface area contributed by atoms with E-state index in [1.54, 1.807) is 6.92 Å². The Kier molecular flexibility index (Phi) is 7.91. The summed E-state index contributed by atoms with van der Waals surface area (Å²) in [5, 5.41) is 0. The van der Waals surface area contributed by atoms with Gasteiger partial charge in [0, 0.05) is 5.57 Å². The SMILES string of the molecule is C=C(C)C(=O)OC.[Ca+2].[H-].[H-]. The molecule has 0 atom stereocenters. The summed E-state index contributed by atoms with van der Waals surface area (Å²) in [6.07, 6.45) is 0. The van der Waals surface area contributed by atoms with E-state index in [9.17, 15) is 4.79 Å². The van der Waals surface area contributed by atoms with Crippen LogP contribution in [0.2, 0.25) is 0 Å². The Morgan fingerprint density at radius 2 is 2.12 bits per heavy atom. The third kappa shape index (κ3) is 4.62. The van der Waals surface area contributed by atoms with E-state index in [4.69, 9.17) is 0 Å². The van der Waals surface area contributed by atoms with Crippen LogP contribution in [0.15, 0.2) is 12.2 Å². The van der Waals surface area contributed by atoms with Crippen LogP contribution in [0.4, 0.5) is 0 Å². The molecule has 0 unspecified atom stereocenters. The van der Waals surface area contributed by atoms with Crippen LogP contribution in [0.5, 0.6) is 0 Å². The summed E-state index contributed by atoms with van der Waals surface area (Å²) >= 11 is 0. The summed E-state index contributed by atoms with van der Waals surface area (Å²) in [5.41, 5.74) is 0.433. The second kappa shape index (κ2) is 5.60. The fourth-order valence-electron chi connectivity index (χ4n) is 0.174. The molecule has 44 valence electrons. The third-order valence-electron chi connectivity index (χ3n) is 0.534. The van der Waals surface area contributed by atoms with Crippen molar-refractivity contribution >= 4 is 43.7 Å². The first-order valence-electron chi connectivity index (χ1n) is 1.92. The van der Waals surface area contributed by atoms with Crippen LogP contribution in [-0.2, 0) is 9.53 Å². The molecule has 0 N–H and O–H groups in total. The Hall–Kier alpha value is 0.470. The summed E-state index contributed by atoms with van der Waals surface area (Å²) in [6, 6.07) is 0. The van der Waals surface area contributed by atoms with Gasteiger partial charge in [0.25, 0.3) is 0 Å². The largest absolute Gasteiger partial charge is 2.00 e. The van der Waals surface area contributed by atoms with Crippen LogP contribution in [-0.4, -0.2) is 50.8 Å². The number of hydrogen-bond acceptors (Lipinski definition) is 2. The Balaban J connectivity index is -0.0000000600. The molecule has 8 heavy (non-hydrogen) atoms. The average molecular weight is 142 g/mol. The van der Waals surface area contributed by atoms with Gasteiger partial charge in [-0.2, -0.15) is 0 Å². The first-order chi connectivity index (χ1) is 3.18. The van der Waals surface area contributed by atoms with Gasteiger partial charge in [0.1, 0.15) is 0 Å². The third-order valence-corrected chi connectivity index (χ3v) is 0.534. The number of esters is 1. The van der Waals surface area contributed by atoms with Crippen molar-refractivity contribution in [3.63, 3.8) is 0 Å². The summed E-state index contributed by atoms with van der Waals surface area (Å²) in [6.45, 7) is 4.95. The normalized spacial score (nSPS) is 6.75. The fraction of sp³-hybridized carbons (Fsp3) is 0.400. The quantitative estimate of drug-likeness (QED) is 0.304. The van der Waals surface area contributed by atoms with Gasteiger partial charge in [-0.05, 0) is 6.92 Å². The second-order valence-electron chi connectivity index (χ2n) is 1.27. The van der Waals surface area contributed by atoms with Gasteiger partial charge >= 0.3 is 43.7 Å². The molecule has 0 radical (unpaired) electrons. The molecule has 0 spiro atoms. The first kappa shape index (κ1) is 11.3. The van der Waals surface area contributed by atoms with E-state index in [1.807, 2.05) is 0 Å². The number of rotatable bonds is 1. The first-order valence-corrected chi connectivity index (χ1v) is 1.92. The van der Waals surface area contributed by atoms with Crippen molar-refractivity contribution in [1.29, 1.82) is 0 Å². The van der Waals surface area contributed by atoms with Crippen molar-refractivity contribution < 1.29 is 12.4 Å². The maximum absolute atomic E-state index is 10.2.